The summed E-state index contributed by atoms with van der Waals surface area (Å²) in [6, 6.07) is 20.0. The number of rotatable bonds is 13. The summed E-state index contributed by atoms with van der Waals surface area (Å²) in [6.45, 7) is 9.04. The Morgan fingerprint density at radius 1 is 0.951 bits per heavy atom. The van der Waals surface area contributed by atoms with Gasteiger partial charge in [0.2, 0.25) is 11.8 Å². The molecule has 0 saturated carbocycles. The smallest absolute Gasteiger partial charge is 0.264 e. The fourth-order valence-corrected chi connectivity index (χ4v) is 6.04. The second-order valence-electron chi connectivity index (χ2n) is 9.93. The normalized spacial score (nSPS) is 12.1. The lowest BCUT2D eigenvalue weighted by atomic mass is 10.1. The number of aryl methyl sites for hydroxylation is 1. The minimum Gasteiger partial charge on any atom is -0.492 e. The molecule has 0 aromatic heterocycles. The van der Waals surface area contributed by atoms with Gasteiger partial charge in [-0.25, -0.2) is 8.42 Å². The molecule has 3 rings (SSSR count). The summed E-state index contributed by atoms with van der Waals surface area (Å²) in [6.07, 6.45) is 1.91. The van der Waals surface area contributed by atoms with Gasteiger partial charge < -0.3 is 15.0 Å². The Labute approximate surface area is 248 Å². The van der Waals surface area contributed by atoms with Gasteiger partial charge in [-0.1, -0.05) is 42.0 Å². The van der Waals surface area contributed by atoms with Gasteiger partial charge in [-0.05, 0) is 82.8 Å². The quantitative estimate of drug-likeness (QED) is 0.270. The highest BCUT2D eigenvalue weighted by Crippen LogP contribution is 2.33. The van der Waals surface area contributed by atoms with Crippen molar-refractivity contribution in [2.24, 2.45) is 0 Å². The molecule has 1 atom stereocenters. The maximum absolute atomic E-state index is 14.1. The lowest BCUT2D eigenvalue weighted by Gasteiger charge is -2.32. The van der Waals surface area contributed by atoms with Gasteiger partial charge in [-0.15, -0.1) is 11.8 Å². The van der Waals surface area contributed by atoms with Gasteiger partial charge >= 0.3 is 0 Å². The molecule has 0 fully saturated rings. The second kappa shape index (κ2) is 14.4. The third-order valence-corrected chi connectivity index (χ3v) is 8.95. The maximum Gasteiger partial charge on any atom is 0.264 e. The Hall–Kier alpha value is -3.50. The van der Waals surface area contributed by atoms with E-state index in [4.69, 9.17) is 4.74 Å². The molecule has 0 spiro atoms. The number of para-hydroxylation sites is 2. The summed E-state index contributed by atoms with van der Waals surface area (Å²) in [5.41, 5.74) is 2.13. The average Bonchev–Trinajstić information content (AvgIpc) is 2.95. The molecule has 220 valence electrons. The third-order valence-electron chi connectivity index (χ3n) is 6.43. The summed E-state index contributed by atoms with van der Waals surface area (Å²) in [7, 11) is -4.20. The number of thioether (sulfide) groups is 1. The number of ether oxygens (including phenoxy) is 1. The van der Waals surface area contributed by atoms with Crippen LogP contribution in [0.5, 0.6) is 5.75 Å². The van der Waals surface area contributed by atoms with Crippen molar-refractivity contribution in [3.8, 4) is 5.75 Å². The number of amides is 2. The molecule has 3 aromatic carbocycles. The van der Waals surface area contributed by atoms with Crippen molar-refractivity contribution in [3.63, 3.8) is 0 Å². The lowest BCUT2D eigenvalue weighted by molar-refractivity contribution is -0.139. The van der Waals surface area contributed by atoms with E-state index in [9.17, 15) is 18.0 Å². The van der Waals surface area contributed by atoms with Crippen molar-refractivity contribution in [1.29, 1.82) is 0 Å². The first-order valence-corrected chi connectivity index (χ1v) is 16.2. The fraction of sp³-hybridized carbons (Fsp3) is 0.355. The molecule has 0 radical (unpaired) electrons. The van der Waals surface area contributed by atoms with Crippen molar-refractivity contribution in [1.82, 2.24) is 10.2 Å². The fourth-order valence-electron chi connectivity index (χ4n) is 4.21. The first-order chi connectivity index (χ1) is 19.5. The van der Waals surface area contributed by atoms with E-state index in [1.807, 2.05) is 51.3 Å². The molecule has 0 aliphatic carbocycles. The summed E-state index contributed by atoms with van der Waals surface area (Å²) >= 11 is 1.50. The number of nitrogens with zero attached hydrogens (tertiary/aromatic N) is 2. The maximum atomic E-state index is 14.1. The Morgan fingerprint density at radius 2 is 1.59 bits per heavy atom. The van der Waals surface area contributed by atoms with E-state index >= 15 is 0 Å². The average molecular weight is 598 g/mol. The van der Waals surface area contributed by atoms with Crippen molar-refractivity contribution in [2.45, 2.75) is 63.0 Å². The van der Waals surface area contributed by atoms with Crippen LogP contribution in [0.3, 0.4) is 0 Å². The van der Waals surface area contributed by atoms with Crippen LogP contribution in [0.1, 0.15) is 38.8 Å². The highest BCUT2D eigenvalue weighted by atomic mass is 32.2. The van der Waals surface area contributed by atoms with Gasteiger partial charge in [0.1, 0.15) is 18.3 Å². The summed E-state index contributed by atoms with van der Waals surface area (Å²) in [4.78, 5) is 29.5. The van der Waals surface area contributed by atoms with E-state index in [2.05, 4.69) is 5.32 Å². The van der Waals surface area contributed by atoms with Gasteiger partial charge in [0.05, 0.1) is 17.2 Å². The topological polar surface area (TPSA) is 96.0 Å². The van der Waals surface area contributed by atoms with Gasteiger partial charge in [-0.3, -0.25) is 13.9 Å². The van der Waals surface area contributed by atoms with E-state index in [0.29, 0.717) is 12.4 Å². The summed E-state index contributed by atoms with van der Waals surface area (Å²) in [5.74, 6) is -0.507. The molecule has 41 heavy (non-hydrogen) atoms. The number of hydrogen-bond acceptors (Lipinski definition) is 6. The molecule has 0 bridgehead atoms. The zero-order valence-electron chi connectivity index (χ0n) is 24.5. The lowest BCUT2D eigenvalue weighted by Crippen LogP contribution is -2.52. The number of sulfonamides is 1. The van der Waals surface area contributed by atoms with Crippen molar-refractivity contribution < 1.29 is 22.7 Å². The Balaban J connectivity index is 2.08. The molecule has 2 amide bonds. The van der Waals surface area contributed by atoms with E-state index < -0.39 is 28.5 Å². The van der Waals surface area contributed by atoms with E-state index in [1.165, 1.54) is 28.8 Å². The standard InChI is InChI=1S/C31H39N3O5S2/c1-7-39-29-11-9-8-10-28(29)34(41(37,38)27-18-16-26(40-6)17-19-27)21-30(35)33(24(5)31(36)32-22(2)3)20-25-14-12-23(4)13-15-25/h8-19,22,24H,7,20-21H2,1-6H3,(H,32,36)/t24-/m0/s1. The summed E-state index contributed by atoms with van der Waals surface area (Å²) in [5, 5.41) is 2.86. The number of benzene rings is 3. The van der Waals surface area contributed by atoms with E-state index in [0.717, 1.165) is 20.3 Å². The Morgan fingerprint density at radius 3 is 2.17 bits per heavy atom. The highest BCUT2D eigenvalue weighted by Gasteiger charge is 2.34. The SMILES string of the molecule is CCOc1ccccc1N(CC(=O)N(Cc1ccc(C)cc1)[C@@H](C)C(=O)NC(C)C)S(=O)(=O)c1ccc(SC)cc1. The van der Waals surface area contributed by atoms with Gasteiger partial charge in [0.15, 0.2) is 0 Å². The number of carbonyl (C=O) groups is 2. The monoisotopic (exact) mass is 597 g/mol. The predicted octanol–water partition coefficient (Wildman–Crippen LogP) is 5.25. The molecule has 3 aromatic rings. The highest BCUT2D eigenvalue weighted by molar-refractivity contribution is 7.98. The third kappa shape index (κ3) is 8.27. The van der Waals surface area contributed by atoms with Crippen LogP contribution in [0.25, 0.3) is 0 Å². The number of anilines is 1. The van der Waals surface area contributed by atoms with Gasteiger partial charge in [-0.2, -0.15) is 0 Å². The minimum absolute atomic E-state index is 0.0464. The molecule has 1 N–H and O–H groups in total. The molecule has 0 unspecified atom stereocenters. The van der Waals surface area contributed by atoms with Crippen LogP contribution in [0.4, 0.5) is 5.69 Å². The van der Waals surface area contributed by atoms with E-state index in [-0.39, 0.29) is 29.1 Å². The molecule has 8 nitrogen and oxygen atoms in total. The summed E-state index contributed by atoms with van der Waals surface area (Å²) < 4.78 is 35.0. The molecular weight excluding hydrogens is 558 g/mol. The number of nitrogens with one attached hydrogen (secondary N) is 1. The molecule has 0 saturated heterocycles. The molecule has 0 heterocycles. The van der Waals surface area contributed by atoms with Crippen molar-refractivity contribution >= 4 is 39.3 Å². The van der Waals surface area contributed by atoms with Crippen LogP contribution in [0, 0.1) is 6.92 Å². The van der Waals surface area contributed by atoms with Crippen LogP contribution in [0.15, 0.2) is 82.6 Å². The predicted molar refractivity (Wildman–Crippen MR) is 165 cm³/mol. The van der Waals surface area contributed by atoms with Gasteiger partial charge in [0, 0.05) is 17.5 Å². The van der Waals surface area contributed by atoms with Crippen LogP contribution in [-0.4, -0.2) is 56.6 Å². The Kier molecular flexibility index (Phi) is 11.3. The first kappa shape index (κ1) is 32.0. The van der Waals surface area contributed by atoms with Crippen molar-refractivity contribution in [3.05, 3.63) is 83.9 Å². The molecular formula is C31H39N3O5S2. The van der Waals surface area contributed by atoms with Crippen LogP contribution in [-0.2, 0) is 26.2 Å². The largest absolute Gasteiger partial charge is 0.492 e. The molecule has 0 aliphatic rings. The van der Waals surface area contributed by atoms with E-state index in [1.54, 1.807) is 50.2 Å². The number of hydrogen-bond donors (Lipinski definition) is 1. The zero-order chi connectivity index (χ0) is 30.2. The molecule has 10 heteroatoms. The van der Waals surface area contributed by atoms with Crippen LogP contribution < -0.4 is 14.4 Å². The van der Waals surface area contributed by atoms with Crippen LogP contribution in [0.2, 0.25) is 0 Å². The minimum atomic E-state index is -4.20. The van der Waals surface area contributed by atoms with Crippen LogP contribution >= 0.6 is 11.8 Å². The van der Waals surface area contributed by atoms with Gasteiger partial charge in [0.25, 0.3) is 10.0 Å². The molecule has 0 aliphatic heterocycles. The number of carbonyl (C=O) groups excluding carboxylic acids is 2. The van der Waals surface area contributed by atoms with Crippen molar-refractivity contribution in [2.75, 3.05) is 23.7 Å². The Bertz CT molecular complexity index is 1420. The zero-order valence-corrected chi connectivity index (χ0v) is 26.1. The first-order valence-electron chi connectivity index (χ1n) is 13.5. The second-order valence-corrected chi connectivity index (χ2v) is 12.7.